The number of benzene rings is 1. The van der Waals surface area contributed by atoms with E-state index in [4.69, 9.17) is 0 Å². The Kier molecular flexibility index (Phi) is 2.15. The van der Waals surface area contributed by atoms with Crippen molar-refractivity contribution >= 4 is 32.7 Å². The number of carbonyl (C=O) groups excluding carboxylic acids is 1. The van der Waals surface area contributed by atoms with Gasteiger partial charge in [-0.3, -0.25) is 9.36 Å². The maximum atomic E-state index is 12.9. The van der Waals surface area contributed by atoms with E-state index in [0.717, 1.165) is 4.47 Å². The quantitative estimate of drug-likeness (QED) is 0.709. The number of nitrogens with zero attached hydrogens (tertiary/aromatic N) is 1. The van der Waals surface area contributed by atoms with Crippen molar-refractivity contribution < 1.29 is 9.18 Å². The highest BCUT2D eigenvalue weighted by atomic mass is 79.9. The molecule has 0 saturated heterocycles. The summed E-state index contributed by atoms with van der Waals surface area (Å²) in [6, 6.07) is 4.34. The van der Waals surface area contributed by atoms with Crippen LogP contribution in [0.1, 0.15) is 11.7 Å². The van der Waals surface area contributed by atoms with Crippen LogP contribution in [0, 0.1) is 5.82 Å². The lowest BCUT2D eigenvalue weighted by Crippen LogP contribution is -2.02. The minimum atomic E-state index is -0.306. The van der Waals surface area contributed by atoms with E-state index >= 15 is 0 Å². The number of fused-ring (bicyclic) bond motifs is 1. The van der Waals surface area contributed by atoms with Crippen molar-refractivity contribution in [3.8, 4) is 0 Å². The summed E-state index contributed by atoms with van der Waals surface area (Å²) in [4.78, 5) is 11.2. The van der Waals surface area contributed by atoms with E-state index in [1.807, 2.05) is 0 Å². The number of rotatable bonds is 0. The van der Waals surface area contributed by atoms with Crippen molar-refractivity contribution in [2.75, 3.05) is 0 Å². The Morgan fingerprint density at radius 1 is 1.50 bits per heavy atom. The van der Waals surface area contributed by atoms with Crippen LogP contribution in [0.2, 0.25) is 0 Å². The molecular formula is C10H7BrFNO. The Labute approximate surface area is 88.5 Å². The van der Waals surface area contributed by atoms with Gasteiger partial charge < -0.3 is 0 Å². The smallest absolute Gasteiger partial charge is 0.227 e. The topological polar surface area (TPSA) is 22.0 Å². The molecule has 4 heteroatoms. The van der Waals surface area contributed by atoms with Crippen LogP contribution < -0.4 is 0 Å². The summed E-state index contributed by atoms with van der Waals surface area (Å²) >= 11 is 3.28. The number of carbonyl (C=O) groups is 1. The molecule has 0 aliphatic carbocycles. The first kappa shape index (κ1) is 9.40. The van der Waals surface area contributed by atoms with Gasteiger partial charge in [-0.05, 0) is 34.1 Å². The molecule has 2 rings (SSSR count). The van der Waals surface area contributed by atoms with Crippen LogP contribution in [0.15, 0.2) is 28.9 Å². The average Bonchev–Trinajstić information content (AvgIpc) is 2.44. The average molecular weight is 256 g/mol. The van der Waals surface area contributed by atoms with Gasteiger partial charge in [0.15, 0.2) is 0 Å². The minimum Gasteiger partial charge on any atom is -0.286 e. The zero-order valence-corrected chi connectivity index (χ0v) is 9.01. The van der Waals surface area contributed by atoms with Gasteiger partial charge in [-0.25, -0.2) is 4.39 Å². The van der Waals surface area contributed by atoms with E-state index in [-0.39, 0.29) is 11.7 Å². The second-order valence-electron chi connectivity index (χ2n) is 3.03. The lowest BCUT2D eigenvalue weighted by Gasteiger charge is -1.97. The van der Waals surface area contributed by atoms with Gasteiger partial charge in [0.05, 0.1) is 5.52 Å². The Hall–Kier alpha value is -1.16. The predicted molar refractivity (Wildman–Crippen MR) is 55.9 cm³/mol. The molecule has 72 valence electrons. The zero-order valence-electron chi connectivity index (χ0n) is 7.42. The van der Waals surface area contributed by atoms with Gasteiger partial charge in [-0.2, -0.15) is 0 Å². The summed E-state index contributed by atoms with van der Waals surface area (Å²) in [6.07, 6.45) is 1.65. The molecule has 0 fully saturated rings. The van der Waals surface area contributed by atoms with Crippen LogP contribution in [0.25, 0.3) is 10.9 Å². The van der Waals surface area contributed by atoms with Crippen molar-refractivity contribution in [1.29, 1.82) is 0 Å². The van der Waals surface area contributed by atoms with E-state index < -0.39 is 0 Å². The van der Waals surface area contributed by atoms with Gasteiger partial charge in [0.25, 0.3) is 0 Å². The van der Waals surface area contributed by atoms with Crippen LogP contribution in [-0.2, 0) is 0 Å². The zero-order chi connectivity index (χ0) is 10.3. The van der Waals surface area contributed by atoms with Gasteiger partial charge in [0, 0.05) is 23.0 Å². The van der Waals surface area contributed by atoms with Crippen molar-refractivity contribution in [2.45, 2.75) is 6.92 Å². The first-order chi connectivity index (χ1) is 6.59. The fourth-order valence-electron chi connectivity index (χ4n) is 1.42. The predicted octanol–water partition coefficient (Wildman–Crippen LogP) is 3.20. The maximum Gasteiger partial charge on any atom is 0.227 e. The number of hydrogen-bond donors (Lipinski definition) is 0. The number of aromatic nitrogens is 1. The Morgan fingerprint density at radius 2 is 2.21 bits per heavy atom. The standard InChI is InChI=1S/C10H7BrFNO/c1-6(14)13-5-9(11)8-4-7(12)2-3-10(8)13/h2-5H,1H3. The lowest BCUT2D eigenvalue weighted by molar-refractivity contribution is 0.0941. The number of halogens is 2. The SMILES string of the molecule is CC(=O)n1cc(Br)c2cc(F)ccc21. The van der Waals surface area contributed by atoms with E-state index in [0.29, 0.717) is 10.9 Å². The third-order valence-electron chi connectivity index (χ3n) is 2.06. The van der Waals surface area contributed by atoms with Crippen molar-refractivity contribution in [3.05, 3.63) is 34.7 Å². The molecule has 2 aromatic rings. The molecule has 0 atom stereocenters. The van der Waals surface area contributed by atoms with Gasteiger partial charge in [-0.15, -0.1) is 0 Å². The van der Waals surface area contributed by atoms with E-state index in [1.54, 1.807) is 12.3 Å². The molecular weight excluding hydrogens is 249 g/mol. The molecule has 0 aliphatic heterocycles. The Morgan fingerprint density at radius 3 is 2.86 bits per heavy atom. The third kappa shape index (κ3) is 1.35. The van der Waals surface area contributed by atoms with Crippen molar-refractivity contribution in [2.24, 2.45) is 0 Å². The highest BCUT2D eigenvalue weighted by Gasteiger charge is 2.09. The molecule has 0 spiro atoms. The van der Waals surface area contributed by atoms with Crippen LogP contribution >= 0.6 is 15.9 Å². The molecule has 0 saturated carbocycles. The summed E-state index contributed by atoms with van der Waals surface area (Å²) in [5.74, 6) is -0.396. The van der Waals surface area contributed by atoms with Crippen LogP contribution in [0.3, 0.4) is 0 Å². The first-order valence-corrected chi connectivity index (χ1v) is 4.86. The molecule has 14 heavy (non-hydrogen) atoms. The molecule has 1 aromatic heterocycles. The van der Waals surface area contributed by atoms with Gasteiger partial charge >= 0.3 is 0 Å². The molecule has 2 nitrogen and oxygen atoms in total. The highest BCUT2D eigenvalue weighted by Crippen LogP contribution is 2.26. The Bertz CT molecular complexity index is 518. The van der Waals surface area contributed by atoms with Crippen LogP contribution in [0.5, 0.6) is 0 Å². The van der Waals surface area contributed by atoms with E-state index in [9.17, 15) is 9.18 Å². The van der Waals surface area contributed by atoms with Crippen molar-refractivity contribution in [3.63, 3.8) is 0 Å². The minimum absolute atomic E-state index is 0.0905. The Balaban J connectivity index is 2.84. The lowest BCUT2D eigenvalue weighted by atomic mass is 10.2. The van der Waals surface area contributed by atoms with Gasteiger partial charge in [0.2, 0.25) is 5.91 Å². The molecule has 0 amide bonds. The molecule has 0 radical (unpaired) electrons. The first-order valence-electron chi connectivity index (χ1n) is 4.06. The molecule has 1 heterocycles. The van der Waals surface area contributed by atoms with Gasteiger partial charge in [-0.1, -0.05) is 0 Å². The monoisotopic (exact) mass is 255 g/mol. The van der Waals surface area contributed by atoms with E-state index in [1.165, 1.54) is 23.6 Å². The molecule has 1 aromatic carbocycles. The fourth-order valence-corrected chi connectivity index (χ4v) is 1.94. The van der Waals surface area contributed by atoms with E-state index in [2.05, 4.69) is 15.9 Å². The van der Waals surface area contributed by atoms with Crippen molar-refractivity contribution in [1.82, 2.24) is 4.57 Å². The maximum absolute atomic E-state index is 12.9. The summed E-state index contributed by atoms with van der Waals surface area (Å²) in [5.41, 5.74) is 0.714. The summed E-state index contributed by atoms with van der Waals surface area (Å²) in [5, 5.41) is 0.709. The second-order valence-corrected chi connectivity index (χ2v) is 3.88. The summed E-state index contributed by atoms with van der Waals surface area (Å²) < 4.78 is 15.1. The highest BCUT2D eigenvalue weighted by molar-refractivity contribution is 9.10. The molecule has 0 aliphatic rings. The number of hydrogen-bond acceptors (Lipinski definition) is 1. The third-order valence-corrected chi connectivity index (χ3v) is 2.69. The van der Waals surface area contributed by atoms with Crippen LogP contribution in [0.4, 0.5) is 4.39 Å². The van der Waals surface area contributed by atoms with Crippen LogP contribution in [-0.4, -0.2) is 10.5 Å². The fraction of sp³-hybridized carbons (Fsp3) is 0.100. The largest absolute Gasteiger partial charge is 0.286 e. The molecule has 0 N–H and O–H groups in total. The normalized spacial score (nSPS) is 10.8. The summed E-state index contributed by atoms with van der Waals surface area (Å²) in [7, 11) is 0. The van der Waals surface area contributed by atoms with Gasteiger partial charge in [0.1, 0.15) is 5.82 Å². The summed E-state index contributed by atoms with van der Waals surface area (Å²) in [6.45, 7) is 1.47. The molecule has 0 unspecified atom stereocenters. The molecule has 0 bridgehead atoms. The second kappa shape index (κ2) is 3.20.